The number of carbonyl (C=O) groups excluding carboxylic acids is 1. The number of hydrogen-bond donors (Lipinski definition) is 1. The Morgan fingerprint density at radius 3 is 2.76 bits per heavy atom. The first-order valence-corrected chi connectivity index (χ1v) is 7.29. The Bertz CT molecular complexity index is 434. The number of methoxy groups -OCH3 is 2. The molecule has 0 bridgehead atoms. The standard InChI is InChI=1S/C16H25NO4/c1-4-10-17-12-13-7-5-8-14(19-2)16(13)21-11-6-9-15(18)20-3/h5,7-8,17H,4,6,9-12H2,1-3H3. The van der Waals surface area contributed by atoms with Crippen molar-refractivity contribution >= 4 is 5.97 Å². The van der Waals surface area contributed by atoms with Gasteiger partial charge in [0, 0.05) is 18.5 Å². The summed E-state index contributed by atoms with van der Waals surface area (Å²) >= 11 is 0. The quantitative estimate of drug-likeness (QED) is 0.531. The predicted octanol–water partition coefficient (Wildman–Crippen LogP) is 2.53. The topological polar surface area (TPSA) is 56.8 Å². The molecule has 1 aromatic rings. The molecule has 0 spiro atoms. The third kappa shape index (κ3) is 6.04. The minimum atomic E-state index is -0.219. The minimum Gasteiger partial charge on any atom is -0.493 e. The van der Waals surface area contributed by atoms with Crippen molar-refractivity contribution in [3.63, 3.8) is 0 Å². The van der Waals surface area contributed by atoms with Gasteiger partial charge in [-0.25, -0.2) is 0 Å². The van der Waals surface area contributed by atoms with Gasteiger partial charge in [-0.1, -0.05) is 19.1 Å². The van der Waals surface area contributed by atoms with E-state index in [9.17, 15) is 4.79 Å². The second-order valence-corrected chi connectivity index (χ2v) is 4.65. The number of carbonyl (C=O) groups is 1. The molecule has 0 saturated carbocycles. The number of nitrogens with one attached hydrogen (secondary N) is 1. The number of esters is 1. The van der Waals surface area contributed by atoms with E-state index in [-0.39, 0.29) is 5.97 Å². The summed E-state index contributed by atoms with van der Waals surface area (Å²) in [5, 5.41) is 3.35. The van der Waals surface area contributed by atoms with Gasteiger partial charge in [0.2, 0.25) is 0 Å². The van der Waals surface area contributed by atoms with E-state index in [1.54, 1.807) is 7.11 Å². The Labute approximate surface area is 126 Å². The Hall–Kier alpha value is -1.75. The third-order valence-corrected chi connectivity index (χ3v) is 3.02. The molecule has 21 heavy (non-hydrogen) atoms. The Morgan fingerprint density at radius 1 is 1.29 bits per heavy atom. The lowest BCUT2D eigenvalue weighted by atomic mass is 10.2. The van der Waals surface area contributed by atoms with Gasteiger partial charge in [0.15, 0.2) is 11.5 Å². The Kier molecular flexibility index (Phi) is 8.28. The van der Waals surface area contributed by atoms with Gasteiger partial charge in [0.25, 0.3) is 0 Å². The molecule has 0 saturated heterocycles. The van der Waals surface area contributed by atoms with Crippen LogP contribution in [-0.2, 0) is 16.1 Å². The molecule has 0 aliphatic rings. The van der Waals surface area contributed by atoms with Crippen LogP contribution >= 0.6 is 0 Å². The van der Waals surface area contributed by atoms with Crippen LogP contribution < -0.4 is 14.8 Å². The van der Waals surface area contributed by atoms with Crippen molar-refractivity contribution in [2.24, 2.45) is 0 Å². The molecule has 0 aromatic heterocycles. The molecule has 1 aromatic carbocycles. The number of benzene rings is 1. The van der Waals surface area contributed by atoms with Crippen LogP contribution in [0.2, 0.25) is 0 Å². The minimum absolute atomic E-state index is 0.219. The molecular weight excluding hydrogens is 270 g/mol. The van der Waals surface area contributed by atoms with Crippen molar-refractivity contribution in [1.29, 1.82) is 0 Å². The van der Waals surface area contributed by atoms with Crippen LogP contribution in [0.5, 0.6) is 11.5 Å². The van der Waals surface area contributed by atoms with Crippen molar-refractivity contribution in [3.8, 4) is 11.5 Å². The average molecular weight is 295 g/mol. The molecule has 1 N–H and O–H groups in total. The van der Waals surface area contributed by atoms with Gasteiger partial charge in [0.1, 0.15) is 0 Å². The molecule has 1 rings (SSSR count). The van der Waals surface area contributed by atoms with E-state index in [1.807, 2.05) is 18.2 Å². The van der Waals surface area contributed by atoms with Crippen LogP contribution in [-0.4, -0.2) is 33.3 Å². The lowest BCUT2D eigenvalue weighted by molar-refractivity contribution is -0.140. The smallest absolute Gasteiger partial charge is 0.305 e. The SMILES string of the molecule is CCCNCc1cccc(OC)c1OCCCC(=O)OC. The van der Waals surface area contributed by atoms with Crippen molar-refractivity contribution in [3.05, 3.63) is 23.8 Å². The molecule has 5 heteroatoms. The maximum absolute atomic E-state index is 11.1. The van der Waals surface area contributed by atoms with Crippen LogP contribution in [0.3, 0.4) is 0 Å². The Balaban J connectivity index is 2.61. The first-order chi connectivity index (χ1) is 10.2. The molecule has 0 heterocycles. The highest BCUT2D eigenvalue weighted by atomic mass is 16.5. The van der Waals surface area contributed by atoms with E-state index in [4.69, 9.17) is 9.47 Å². The fourth-order valence-corrected chi connectivity index (χ4v) is 1.92. The van der Waals surface area contributed by atoms with Crippen LogP contribution in [0.25, 0.3) is 0 Å². The second-order valence-electron chi connectivity index (χ2n) is 4.65. The van der Waals surface area contributed by atoms with Gasteiger partial charge in [-0.3, -0.25) is 4.79 Å². The van der Waals surface area contributed by atoms with Crippen molar-refractivity contribution in [2.75, 3.05) is 27.4 Å². The van der Waals surface area contributed by atoms with Crippen molar-refractivity contribution in [1.82, 2.24) is 5.32 Å². The van der Waals surface area contributed by atoms with Crippen molar-refractivity contribution < 1.29 is 19.0 Å². The zero-order valence-corrected chi connectivity index (χ0v) is 13.1. The summed E-state index contributed by atoms with van der Waals surface area (Å²) in [5.41, 5.74) is 1.06. The summed E-state index contributed by atoms with van der Waals surface area (Å²) in [6.45, 7) is 4.27. The fourth-order valence-electron chi connectivity index (χ4n) is 1.92. The van der Waals surface area contributed by atoms with E-state index in [0.717, 1.165) is 30.8 Å². The fraction of sp³-hybridized carbons (Fsp3) is 0.562. The molecule has 0 aliphatic carbocycles. The molecule has 0 fully saturated rings. The van der Waals surface area contributed by atoms with Crippen molar-refractivity contribution in [2.45, 2.75) is 32.7 Å². The number of ether oxygens (including phenoxy) is 3. The number of rotatable bonds is 10. The predicted molar refractivity (Wildman–Crippen MR) is 81.7 cm³/mol. The summed E-state index contributed by atoms with van der Waals surface area (Å²) in [7, 11) is 3.01. The van der Waals surface area contributed by atoms with Crippen LogP contribution in [0.1, 0.15) is 31.7 Å². The lowest BCUT2D eigenvalue weighted by Crippen LogP contribution is -2.15. The zero-order chi connectivity index (χ0) is 15.5. The monoisotopic (exact) mass is 295 g/mol. The molecule has 0 radical (unpaired) electrons. The normalized spacial score (nSPS) is 10.2. The van der Waals surface area contributed by atoms with E-state index in [1.165, 1.54) is 7.11 Å². The number of para-hydroxylation sites is 1. The first-order valence-electron chi connectivity index (χ1n) is 7.29. The van der Waals surface area contributed by atoms with Crippen LogP contribution in [0.15, 0.2) is 18.2 Å². The van der Waals surface area contributed by atoms with Gasteiger partial charge < -0.3 is 19.5 Å². The summed E-state index contributed by atoms with van der Waals surface area (Å²) in [5.74, 6) is 1.24. The van der Waals surface area contributed by atoms with Gasteiger partial charge >= 0.3 is 5.97 Å². The zero-order valence-electron chi connectivity index (χ0n) is 13.1. The van der Waals surface area contributed by atoms with Crippen LogP contribution in [0.4, 0.5) is 0 Å². The van der Waals surface area contributed by atoms with Gasteiger partial charge in [-0.2, -0.15) is 0 Å². The first kappa shape index (κ1) is 17.3. The van der Waals surface area contributed by atoms with E-state index >= 15 is 0 Å². The highest BCUT2D eigenvalue weighted by Gasteiger charge is 2.10. The van der Waals surface area contributed by atoms with Crippen LogP contribution in [0, 0.1) is 0 Å². The van der Waals surface area contributed by atoms with E-state index < -0.39 is 0 Å². The van der Waals surface area contributed by atoms with Gasteiger partial charge in [0.05, 0.1) is 20.8 Å². The lowest BCUT2D eigenvalue weighted by Gasteiger charge is -2.15. The molecule has 118 valence electrons. The third-order valence-electron chi connectivity index (χ3n) is 3.02. The second kappa shape index (κ2) is 10.0. The molecule has 0 unspecified atom stereocenters. The average Bonchev–Trinajstić information content (AvgIpc) is 2.52. The molecule has 5 nitrogen and oxygen atoms in total. The summed E-state index contributed by atoms with van der Waals surface area (Å²) in [4.78, 5) is 11.1. The summed E-state index contributed by atoms with van der Waals surface area (Å²) in [6, 6.07) is 5.84. The van der Waals surface area contributed by atoms with E-state index in [0.29, 0.717) is 25.2 Å². The molecule has 0 amide bonds. The number of hydrogen-bond acceptors (Lipinski definition) is 5. The van der Waals surface area contributed by atoms with Gasteiger partial charge in [-0.05, 0) is 25.5 Å². The largest absolute Gasteiger partial charge is 0.493 e. The maximum Gasteiger partial charge on any atom is 0.305 e. The summed E-state index contributed by atoms with van der Waals surface area (Å²) < 4.78 is 15.8. The highest BCUT2D eigenvalue weighted by Crippen LogP contribution is 2.31. The molecular formula is C16H25NO4. The summed E-state index contributed by atoms with van der Waals surface area (Å²) in [6.07, 6.45) is 2.06. The van der Waals surface area contributed by atoms with Gasteiger partial charge in [-0.15, -0.1) is 0 Å². The molecule has 0 aliphatic heterocycles. The Morgan fingerprint density at radius 2 is 2.10 bits per heavy atom. The highest BCUT2D eigenvalue weighted by molar-refractivity contribution is 5.69. The molecule has 0 atom stereocenters. The maximum atomic E-state index is 11.1. The van der Waals surface area contributed by atoms with E-state index in [2.05, 4.69) is 17.0 Å².